The quantitative estimate of drug-likeness (QED) is 0.248. The second-order valence-electron chi connectivity index (χ2n) is 8.65. The molecule has 182 valence electrons. The second kappa shape index (κ2) is 11.8. The minimum Gasteiger partial charge on any atom is -0.393 e. The van der Waals surface area contributed by atoms with Crippen LogP contribution < -0.4 is 11.5 Å². The van der Waals surface area contributed by atoms with Crippen LogP contribution in [0.3, 0.4) is 0 Å². The maximum atomic E-state index is 12.2. The van der Waals surface area contributed by atoms with Gasteiger partial charge in [-0.2, -0.15) is 8.42 Å². The third kappa shape index (κ3) is 7.61. The van der Waals surface area contributed by atoms with Gasteiger partial charge < -0.3 is 20.9 Å². The number of rotatable bonds is 8. The van der Waals surface area contributed by atoms with Gasteiger partial charge in [-0.25, -0.2) is 0 Å². The predicted octanol–water partition coefficient (Wildman–Crippen LogP) is 0.303. The smallest absolute Gasteiger partial charge is 0.335 e. The molecule has 2 rings (SSSR count). The molecule has 2 aliphatic carbocycles. The van der Waals surface area contributed by atoms with Crippen molar-refractivity contribution in [2.75, 3.05) is 13.1 Å². The van der Waals surface area contributed by atoms with E-state index in [-0.39, 0.29) is 5.92 Å². The van der Waals surface area contributed by atoms with E-state index >= 15 is 0 Å². The zero-order chi connectivity index (χ0) is 23.9. The Morgan fingerprint density at radius 1 is 0.781 bits per heavy atom. The minimum absolute atomic E-state index is 0.276. The van der Waals surface area contributed by atoms with Gasteiger partial charge in [-0.05, 0) is 76.3 Å². The first kappa shape index (κ1) is 26.4. The van der Waals surface area contributed by atoms with Crippen molar-refractivity contribution in [1.82, 2.24) is 0 Å². The van der Waals surface area contributed by atoms with Crippen LogP contribution in [0.4, 0.5) is 0 Å². The molecule has 32 heavy (non-hydrogen) atoms. The molecule has 12 heteroatoms. The third-order valence-corrected chi connectivity index (χ3v) is 7.50. The molecule has 2 aliphatic rings. The van der Waals surface area contributed by atoms with E-state index < -0.39 is 57.5 Å². The summed E-state index contributed by atoms with van der Waals surface area (Å²) < 4.78 is 42.0. The Morgan fingerprint density at radius 3 is 1.56 bits per heavy atom. The SMILES string of the molecule is NCC1CCC(C(=O)OC(=O)CC(C(=O)OC(=O)C2CCC(CN)CC2)S(=O)(=O)O)CC1. The summed E-state index contributed by atoms with van der Waals surface area (Å²) in [4.78, 5) is 48.7. The molecule has 2 saturated carbocycles. The number of hydrogen-bond acceptors (Lipinski definition) is 10. The van der Waals surface area contributed by atoms with Crippen LogP contribution in [0, 0.1) is 23.7 Å². The molecule has 0 saturated heterocycles. The lowest BCUT2D eigenvalue weighted by Gasteiger charge is -2.26. The normalized spacial score (nSPS) is 27.2. The first-order valence-corrected chi connectivity index (χ1v) is 12.4. The molecule has 0 aromatic carbocycles. The van der Waals surface area contributed by atoms with Gasteiger partial charge >= 0.3 is 23.9 Å². The van der Waals surface area contributed by atoms with E-state index in [0.29, 0.717) is 70.4 Å². The summed E-state index contributed by atoms with van der Waals surface area (Å²) in [5.74, 6) is -5.16. The van der Waals surface area contributed by atoms with Gasteiger partial charge in [-0.3, -0.25) is 23.7 Å². The van der Waals surface area contributed by atoms with Crippen LogP contribution in [0.2, 0.25) is 0 Å². The van der Waals surface area contributed by atoms with Crippen molar-refractivity contribution in [3.8, 4) is 0 Å². The standard InChI is InChI=1S/C20H32N2O9S/c21-10-12-1-5-14(6-2-12)18(24)30-17(23)9-16(32(27,28)29)20(26)31-19(25)15-7-3-13(11-22)4-8-15/h12-16H,1-11,21-22H2,(H,27,28,29). The van der Waals surface area contributed by atoms with Crippen molar-refractivity contribution in [3.05, 3.63) is 0 Å². The number of carbonyl (C=O) groups excluding carboxylic acids is 4. The Balaban J connectivity index is 1.90. The van der Waals surface area contributed by atoms with Crippen molar-refractivity contribution < 1.29 is 41.6 Å². The van der Waals surface area contributed by atoms with Crippen LogP contribution in [0.15, 0.2) is 0 Å². The summed E-state index contributed by atoms with van der Waals surface area (Å²) >= 11 is 0. The molecule has 1 unspecified atom stereocenters. The molecule has 0 bridgehead atoms. The van der Waals surface area contributed by atoms with E-state index in [9.17, 15) is 32.1 Å². The van der Waals surface area contributed by atoms with E-state index in [0.717, 1.165) is 0 Å². The number of ether oxygens (including phenoxy) is 2. The molecule has 5 N–H and O–H groups in total. The van der Waals surface area contributed by atoms with Crippen molar-refractivity contribution in [2.24, 2.45) is 35.1 Å². The van der Waals surface area contributed by atoms with Crippen molar-refractivity contribution in [1.29, 1.82) is 0 Å². The Kier molecular flexibility index (Phi) is 9.74. The predicted molar refractivity (Wildman–Crippen MR) is 111 cm³/mol. The van der Waals surface area contributed by atoms with Crippen LogP contribution in [0.5, 0.6) is 0 Å². The lowest BCUT2D eigenvalue weighted by molar-refractivity contribution is -0.168. The van der Waals surface area contributed by atoms with E-state index in [1.165, 1.54) is 0 Å². The Bertz CT molecular complexity index is 798. The van der Waals surface area contributed by atoms with Crippen LogP contribution in [-0.2, 0) is 38.8 Å². The maximum absolute atomic E-state index is 12.2. The van der Waals surface area contributed by atoms with E-state index in [1.54, 1.807) is 0 Å². The summed E-state index contributed by atoms with van der Waals surface area (Å²) in [6, 6.07) is 0. The van der Waals surface area contributed by atoms with Crippen molar-refractivity contribution >= 4 is 34.0 Å². The van der Waals surface area contributed by atoms with Gasteiger partial charge in [0.2, 0.25) is 0 Å². The van der Waals surface area contributed by atoms with Crippen LogP contribution >= 0.6 is 0 Å². The Hall–Kier alpha value is -1.89. The molecule has 0 aromatic rings. The molecule has 0 spiro atoms. The molecule has 0 amide bonds. The van der Waals surface area contributed by atoms with Crippen LogP contribution in [0.1, 0.15) is 57.8 Å². The van der Waals surface area contributed by atoms with Gasteiger partial charge in [-0.15, -0.1) is 0 Å². The van der Waals surface area contributed by atoms with Crippen molar-refractivity contribution in [2.45, 2.75) is 63.0 Å². The molecule has 0 radical (unpaired) electrons. The molecule has 1 atom stereocenters. The zero-order valence-corrected chi connectivity index (χ0v) is 18.8. The van der Waals surface area contributed by atoms with E-state index in [1.807, 2.05) is 0 Å². The minimum atomic E-state index is -5.09. The van der Waals surface area contributed by atoms with Gasteiger partial charge in [0.25, 0.3) is 10.1 Å². The highest BCUT2D eigenvalue weighted by Gasteiger charge is 2.39. The third-order valence-electron chi connectivity index (χ3n) is 6.42. The lowest BCUT2D eigenvalue weighted by atomic mass is 9.82. The highest BCUT2D eigenvalue weighted by molar-refractivity contribution is 7.87. The fourth-order valence-electron chi connectivity index (χ4n) is 4.21. The topological polar surface area (TPSA) is 193 Å². The van der Waals surface area contributed by atoms with Gasteiger partial charge in [0.05, 0.1) is 18.3 Å². The first-order valence-electron chi connectivity index (χ1n) is 10.9. The van der Waals surface area contributed by atoms with E-state index in [2.05, 4.69) is 4.74 Å². The van der Waals surface area contributed by atoms with Crippen molar-refractivity contribution in [3.63, 3.8) is 0 Å². The molecular formula is C20H32N2O9S. The number of hydrogen-bond donors (Lipinski definition) is 3. The summed E-state index contributed by atoms with van der Waals surface area (Å²) in [6.07, 6.45) is 3.47. The number of nitrogens with two attached hydrogens (primary N) is 2. The highest BCUT2D eigenvalue weighted by Crippen LogP contribution is 2.30. The average molecular weight is 477 g/mol. The summed E-state index contributed by atoms with van der Waals surface area (Å²) in [7, 11) is -5.09. The molecule has 0 heterocycles. The highest BCUT2D eigenvalue weighted by atomic mass is 32.2. The Labute approximate surface area is 187 Å². The molecule has 0 aromatic heterocycles. The van der Waals surface area contributed by atoms with Gasteiger partial charge in [0.1, 0.15) is 0 Å². The Morgan fingerprint density at radius 2 is 1.19 bits per heavy atom. The van der Waals surface area contributed by atoms with Gasteiger partial charge in [0.15, 0.2) is 5.25 Å². The molecule has 11 nitrogen and oxygen atoms in total. The zero-order valence-electron chi connectivity index (χ0n) is 17.9. The van der Waals surface area contributed by atoms with Crippen LogP contribution in [0.25, 0.3) is 0 Å². The fourth-order valence-corrected chi connectivity index (χ4v) is 4.85. The van der Waals surface area contributed by atoms with E-state index in [4.69, 9.17) is 16.2 Å². The molecule has 2 fully saturated rings. The van der Waals surface area contributed by atoms with Gasteiger partial charge in [0, 0.05) is 0 Å². The number of carbonyl (C=O) groups is 4. The molecule has 0 aliphatic heterocycles. The molecular weight excluding hydrogens is 444 g/mol. The maximum Gasteiger partial charge on any atom is 0.335 e. The number of esters is 4. The monoisotopic (exact) mass is 476 g/mol. The summed E-state index contributed by atoms with van der Waals surface area (Å²) in [5.41, 5.74) is 11.2. The second-order valence-corrected chi connectivity index (χ2v) is 10.2. The largest absolute Gasteiger partial charge is 0.393 e. The lowest BCUT2D eigenvalue weighted by Crippen LogP contribution is -2.38. The average Bonchev–Trinajstić information content (AvgIpc) is 2.76. The summed E-state index contributed by atoms with van der Waals surface area (Å²) in [6.45, 7) is 0.993. The fraction of sp³-hybridized carbons (Fsp3) is 0.800. The van der Waals surface area contributed by atoms with Gasteiger partial charge in [-0.1, -0.05) is 0 Å². The first-order chi connectivity index (χ1) is 15.0. The van der Waals surface area contributed by atoms with Crippen LogP contribution in [-0.4, -0.2) is 55.2 Å². The summed E-state index contributed by atoms with van der Waals surface area (Å²) in [5, 5.41) is -2.36.